The maximum atomic E-state index is 13.6. The van der Waals surface area contributed by atoms with Crippen molar-refractivity contribution in [1.29, 1.82) is 0 Å². The molecule has 0 aliphatic heterocycles. The predicted octanol–water partition coefficient (Wildman–Crippen LogP) is 4.08. The van der Waals surface area contributed by atoms with E-state index >= 15 is 0 Å². The van der Waals surface area contributed by atoms with E-state index < -0.39 is 41.1 Å². The summed E-state index contributed by atoms with van der Waals surface area (Å²) >= 11 is 0. The van der Waals surface area contributed by atoms with Crippen LogP contribution in [0.15, 0.2) is 70.5 Å². The highest BCUT2D eigenvalue weighted by Gasteiger charge is 2.19. The third-order valence-corrected chi connectivity index (χ3v) is 6.74. The predicted molar refractivity (Wildman–Crippen MR) is 165 cm³/mol. The molecule has 0 spiro atoms. The van der Waals surface area contributed by atoms with Crippen molar-refractivity contribution >= 4 is 45.6 Å². The first-order valence-electron chi connectivity index (χ1n) is 13.9. The van der Waals surface area contributed by atoms with Crippen LogP contribution < -0.4 is 16.2 Å². The second-order valence-corrected chi connectivity index (χ2v) is 9.87. The first-order chi connectivity index (χ1) is 21.4. The fraction of sp³-hybridized carbons (Fsp3) is 0.219. The van der Waals surface area contributed by atoms with Gasteiger partial charge in [-0.15, -0.1) is 0 Å². The van der Waals surface area contributed by atoms with Gasteiger partial charge in [0.25, 0.3) is 5.91 Å². The van der Waals surface area contributed by atoms with Crippen LogP contribution in [-0.2, 0) is 22.6 Å². The van der Waals surface area contributed by atoms with Crippen molar-refractivity contribution < 1.29 is 28.6 Å². The van der Waals surface area contributed by atoms with Gasteiger partial charge in [0, 0.05) is 36.9 Å². The van der Waals surface area contributed by atoms with E-state index in [1.807, 2.05) is 20.8 Å². The second kappa shape index (κ2) is 13.7. The second-order valence-electron chi connectivity index (χ2n) is 9.87. The molecule has 2 N–H and O–H groups in total. The smallest absolute Gasteiger partial charge is 0.344 e. The molecule has 45 heavy (non-hydrogen) atoms. The number of para-hydroxylation sites is 1. The van der Waals surface area contributed by atoms with E-state index in [1.165, 1.54) is 30.6 Å². The number of nitrogens with one attached hydrogen (secondary N) is 1. The number of pyridine rings is 4. The van der Waals surface area contributed by atoms with E-state index in [1.54, 1.807) is 46.4 Å². The molecule has 5 aromatic rings. The first-order valence-corrected chi connectivity index (χ1v) is 13.9. The van der Waals surface area contributed by atoms with Crippen molar-refractivity contribution in [2.75, 3.05) is 11.9 Å². The Labute approximate surface area is 255 Å². The summed E-state index contributed by atoms with van der Waals surface area (Å²) in [6.45, 7) is 7.76. The zero-order valence-electron chi connectivity index (χ0n) is 25.0. The van der Waals surface area contributed by atoms with Gasteiger partial charge >= 0.3 is 11.9 Å². The average Bonchev–Trinajstić information content (AvgIpc) is 3.01. The minimum Gasteiger partial charge on any atom is -0.477 e. The molecule has 232 valence electrons. The van der Waals surface area contributed by atoms with Crippen LogP contribution >= 0.6 is 0 Å². The molecular weight excluding hydrogens is 585 g/mol. The van der Waals surface area contributed by atoms with E-state index in [9.17, 15) is 28.4 Å². The van der Waals surface area contributed by atoms with Gasteiger partial charge in [-0.25, -0.2) is 23.9 Å². The van der Waals surface area contributed by atoms with Crippen LogP contribution in [0, 0.1) is 19.7 Å². The normalized spacial score (nSPS) is 10.7. The van der Waals surface area contributed by atoms with Crippen LogP contribution in [0.25, 0.3) is 22.1 Å². The molecule has 0 atom stereocenters. The molecule has 0 unspecified atom stereocenters. The van der Waals surface area contributed by atoms with Crippen LogP contribution in [0.4, 0.5) is 10.1 Å². The summed E-state index contributed by atoms with van der Waals surface area (Å²) in [7, 11) is 0. The standard InChI is InChI=1S/C20H18FN3O4.C12H12N2O3/c1-3-24-10-14(18(26)13-9-8-12(2)22-19(13)24)20(27)28-11-17(25)23-16-7-5-4-6-15(16)21;1-3-14-6-9(12(16)17)10(15)8-5-4-7(2)13-11(8)14/h4-10H,3,11H2,1-2H3,(H,23,25);4-6H,3H2,1-2H3,(H,16,17). The van der Waals surface area contributed by atoms with Crippen molar-refractivity contribution in [2.24, 2.45) is 0 Å². The van der Waals surface area contributed by atoms with Crippen molar-refractivity contribution in [3.05, 3.63) is 110 Å². The van der Waals surface area contributed by atoms with Crippen LogP contribution in [0.1, 0.15) is 46.0 Å². The number of aryl methyl sites for hydroxylation is 4. The number of carboxylic acids is 1. The van der Waals surface area contributed by atoms with E-state index in [0.717, 1.165) is 11.4 Å². The number of nitrogens with zero attached hydrogens (tertiary/aromatic N) is 4. The highest BCUT2D eigenvalue weighted by atomic mass is 19.1. The molecule has 12 nitrogen and oxygen atoms in total. The Kier molecular flexibility index (Phi) is 9.81. The van der Waals surface area contributed by atoms with Gasteiger partial charge in [0.2, 0.25) is 10.9 Å². The van der Waals surface area contributed by atoms with E-state index in [4.69, 9.17) is 9.84 Å². The number of rotatable bonds is 7. The molecule has 0 radical (unpaired) electrons. The number of carbonyl (C=O) groups is 3. The molecule has 1 aromatic carbocycles. The fourth-order valence-corrected chi connectivity index (χ4v) is 4.46. The van der Waals surface area contributed by atoms with Gasteiger partial charge in [-0.2, -0.15) is 0 Å². The summed E-state index contributed by atoms with van der Waals surface area (Å²) in [5.74, 6) is -3.46. The summed E-state index contributed by atoms with van der Waals surface area (Å²) < 4.78 is 21.8. The quantitative estimate of drug-likeness (QED) is 0.257. The third-order valence-electron chi connectivity index (χ3n) is 6.74. The number of esters is 1. The van der Waals surface area contributed by atoms with Crippen molar-refractivity contribution in [2.45, 2.75) is 40.8 Å². The lowest BCUT2D eigenvalue weighted by Gasteiger charge is -2.11. The van der Waals surface area contributed by atoms with Gasteiger partial charge in [0.1, 0.15) is 28.2 Å². The average molecular weight is 616 g/mol. The minimum atomic E-state index is -1.21. The number of benzene rings is 1. The number of anilines is 1. The van der Waals surface area contributed by atoms with Gasteiger partial charge in [-0.05, 0) is 64.1 Å². The third kappa shape index (κ3) is 7.09. The highest BCUT2D eigenvalue weighted by molar-refractivity contribution is 5.97. The maximum absolute atomic E-state index is 13.6. The summed E-state index contributed by atoms with van der Waals surface area (Å²) in [6.07, 6.45) is 2.72. The van der Waals surface area contributed by atoms with Crippen molar-refractivity contribution in [1.82, 2.24) is 19.1 Å². The van der Waals surface area contributed by atoms with E-state index in [-0.39, 0.29) is 22.2 Å². The van der Waals surface area contributed by atoms with E-state index in [2.05, 4.69) is 15.3 Å². The summed E-state index contributed by atoms with van der Waals surface area (Å²) in [4.78, 5) is 68.4. The number of hydrogen-bond donors (Lipinski definition) is 2. The molecule has 0 aliphatic carbocycles. The Morgan fingerprint density at radius 2 is 1.33 bits per heavy atom. The molecule has 0 fully saturated rings. The molecule has 5 rings (SSSR count). The molecule has 13 heteroatoms. The van der Waals surface area contributed by atoms with Gasteiger partial charge < -0.3 is 24.3 Å². The first kappa shape index (κ1) is 32.2. The van der Waals surface area contributed by atoms with E-state index in [0.29, 0.717) is 29.8 Å². The summed E-state index contributed by atoms with van der Waals surface area (Å²) in [5, 5.41) is 11.9. The molecule has 0 saturated carbocycles. The van der Waals surface area contributed by atoms with Gasteiger partial charge in [0.15, 0.2) is 6.61 Å². The molecule has 4 heterocycles. The number of aromatic carboxylic acids is 1. The number of ether oxygens (including phenoxy) is 1. The number of carboxylic acid groups (broad SMARTS) is 1. The summed E-state index contributed by atoms with van der Waals surface area (Å²) in [5.41, 5.74) is 1.10. The number of aromatic nitrogens is 4. The molecule has 0 saturated heterocycles. The monoisotopic (exact) mass is 615 g/mol. The molecule has 0 bridgehead atoms. The van der Waals surface area contributed by atoms with Gasteiger partial charge in [-0.1, -0.05) is 12.1 Å². The summed E-state index contributed by atoms with van der Waals surface area (Å²) in [6, 6.07) is 12.2. The molecule has 0 aliphatic rings. The topological polar surface area (TPSA) is 162 Å². The Bertz CT molecular complexity index is 2070. The van der Waals surface area contributed by atoms with Crippen molar-refractivity contribution in [3.8, 4) is 0 Å². The Hall–Kier alpha value is -5.72. The lowest BCUT2D eigenvalue weighted by atomic mass is 10.2. The lowest BCUT2D eigenvalue weighted by molar-refractivity contribution is -0.119. The highest BCUT2D eigenvalue weighted by Crippen LogP contribution is 2.14. The van der Waals surface area contributed by atoms with Crippen molar-refractivity contribution in [3.63, 3.8) is 0 Å². The largest absolute Gasteiger partial charge is 0.477 e. The number of carbonyl (C=O) groups excluding carboxylic acids is 2. The number of hydrogen-bond acceptors (Lipinski definition) is 8. The Morgan fingerprint density at radius 3 is 1.84 bits per heavy atom. The van der Waals surface area contributed by atoms with Crippen LogP contribution in [0.2, 0.25) is 0 Å². The zero-order chi connectivity index (χ0) is 32.8. The van der Waals surface area contributed by atoms with Crippen LogP contribution in [-0.4, -0.2) is 48.7 Å². The molecule has 4 aromatic heterocycles. The Balaban J connectivity index is 0.000000231. The Morgan fingerprint density at radius 1 is 0.822 bits per heavy atom. The lowest BCUT2D eigenvalue weighted by Crippen LogP contribution is -2.25. The number of halogens is 1. The minimum absolute atomic E-state index is 0.0240. The maximum Gasteiger partial charge on any atom is 0.344 e. The molecular formula is C32H30FN5O7. The zero-order valence-corrected chi connectivity index (χ0v) is 25.0. The fourth-order valence-electron chi connectivity index (χ4n) is 4.46. The van der Waals surface area contributed by atoms with Gasteiger partial charge in [-0.3, -0.25) is 14.4 Å². The van der Waals surface area contributed by atoms with Gasteiger partial charge in [0.05, 0.1) is 16.5 Å². The molecule has 1 amide bonds. The van der Waals surface area contributed by atoms with Crippen LogP contribution in [0.3, 0.4) is 0 Å². The SMILES string of the molecule is CCn1cc(C(=O)O)c(=O)c2ccc(C)nc21.CCn1cc(C(=O)OCC(=O)Nc2ccccc2F)c(=O)c2ccc(C)nc21. The van der Waals surface area contributed by atoms with Crippen LogP contribution in [0.5, 0.6) is 0 Å². The number of fused-ring (bicyclic) bond motifs is 2. The number of amides is 1.